The van der Waals surface area contributed by atoms with Gasteiger partial charge in [0.25, 0.3) is 0 Å². The van der Waals surface area contributed by atoms with Crippen molar-refractivity contribution in [2.45, 2.75) is 26.7 Å². The molecule has 1 aliphatic heterocycles. The van der Waals surface area contributed by atoms with E-state index in [1.54, 1.807) is 0 Å². The average Bonchev–Trinajstić information content (AvgIpc) is 2.75. The van der Waals surface area contributed by atoms with Crippen LogP contribution >= 0.6 is 12.4 Å². The number of nitrogens with zero attached hydrogens (tertiary/aromatic N) is 1. The molecule has 0 unspecified atom stereocenters. The number of benzene rings is 1. The number of ether oxygens (including phenoxy) is 1. The monoisotopic (exact) mass is 255 g/mol. The van der Waals surface area contributed by atoms with Gasteiger partial charge in [-0.1, -0.05) is 18.2 Å². The molecule has 0 radical (unpaired) electrons. The van der Waals surface area contributed by atoms with Crippen molar-refractivity contribution in [3.05, 3.63) is 29.3 Å². The Morgan fingerprint density at radius 3 is 2.29 bits per heavy atom. The number of halogens is 1. The lowest BCUT2D eigenvalue weighted by atomic mass is 10.1. The summed E-state index contributed by atoms with van der Waals surface area (Å²) in [6.45, 7) is 8.59. The van der Waals surface area contributed by atoms with E-state index in [1.165, 1.54) is 37.1 Å². The smallest absolute Gasteiger partial charge is 0.125 e. The van der Waals surface area contributed by atoms with Crippen LogP contribution in [0.2, 0.25) is 0 Å². The second kappa shape index (κ2) is 6.87. The molecule has 1 aromatic rings. The zero-order chi connectivity index (χ0) is 11.4. The summed E-state index contributed by atoms with van der Waals surface area (Å²) < 4.78 is 5.89. The zero-order valence-corrected chi connectivity index (χ0v) is 11.6. The van der Waals surface area contributed by atoms with Gasteiger partial charge in [-0.05, 0) is 50.9 Å². The Bertz CT molecular complexity index is 328. The topological polar surface area (TPSA) is 12.5 Å². The van der Waals surface area contributed by atoms with Crippen LogP contribution in [0.25, 0.3) is 0 Å². The lowest BCUT2D eigenvalue weighted by Crippen LogP contribution is -2.25. The fourth-order valence-electron chi connectivity index (χ4n) is 2.31. The van der Waals surface area contributed by atoms with Gasteiger partial charge in [-0.2, -0.15) is 0 Å². The molecule has 2 rings (SSSR count). The summed E-state index contributed by atoms with van der Waals surface area (Å²) in [5, 5.41) is 0. The van der Waals surface area contributed by atoms with Gasteiger partial charge in [0.1, 0.15) is 12.4 Å². The number of hydrogen-bond acceptors (Lipinski definition) is 2. The quantitative estimate of drug-likeness (QED) is 0.819. The minimum absolute atomic E-state index is 0. The second-order valence-electron chi connectivity index (χ2n) is 4.62. The van der Waals surface area contributed by atoms with E-state index in [-0.39, 0.29) is 12.4 Å². The lowest BCUT2D eigenvalue weighted by molar-refractivity contribution is 0.236. The van der Waals surface area contributed by atoms with Crippen molar-refractivity contribution in [2.75, 3.05) is 26.2 Å². The maximum absolute atomic E-state index is 5.89. The standard InChI is InChI=1S/C14H21NO.ClH/c1-12-6-5-7-13(2)14(12)16-11-10-15-8-3-4-9-15;/h5-7H,3-4,8-11H2,1-2H3;1H. The number of para-hydroxylation sites is 1. The van der Waals surface area contributed by atoms with Crippen LogP contribution in [0.4, 0.5) is 0 Å². The first-order chi connectivity index (χ1) is 7.77. The third kappa shape index (κ3) is 3.90. The van der Waals surface area contributed by atoms with Crippen LogP contribution in [0, 0.1) is 13.8 Å². The Morgan fingerprint density at radius 1 is 1.12 bits per heavy atom. The fraction of sp³-hybridized carbons (Fsp3) is 0.571. The molecule has 0 aliphatic carbocycles. The molecule has 0 aromatic heterocycles. The molecule has 0 spiro atoms. The van der Waals surface area contributed by atoms with E-state index in [1.807, 2.05) is 0 Å². The van der Waals surface area contributed by atoms with E-state index in [9.17, 15) is 0 Å². The van der Waals surface area contributed by atoms with Gasteiger partial charge in [-0.15, -0.1) is 12.4 Å². The zero-order valence-electron chi connectivity index (χ0n) is 10.7. The Morgan fingerprint density at radius 2 is 1.71 bits per heavy atom. The van der Waals surface area contributed by atoms with Crippen LogP contribution < -0.4 is 4.74 Å². The van der Waals surface area contributed by atoms with E-state index in [2.05, 4.69) is 36.9 Å². The van der Waals surface area contributed by atoms with E-state index in [4.69, 9.17) is 4.74 Å². The third-order valence-corrected chi connectivity index (χ3v) is 3.26. The summed E-state index contributed by atoms with van der Waals surface area (Å²) in [6, 6.07) is 6.30. The van der Waals surface area contributed by atoms with Crippen molar-refractivity contribution >= 4 is 12.4 Å². The second-order valence-corrected chi connectivity index (χ2v) is 4.62. The van der Waals surface area contributed by atoms with Gasteiger partial charge in [0.2, 0.25) is 0 Å². The molecule has 0 amide bonds. The number of rotatable bonds is 4. The Kier molecular flexibility index (Phi) is 5.79. The van der Waals surface area contributed by atoms with Gasteiger partial charge >= 0.3 is 0 Å². The molecule has 17 heavy (non-hydrogen) atoms. The molecular formula is C14H22ClNO. The van der Waals surface area contributed by atoms with Gasteiger partial charge in [-0.25, -0.2) is 0 Å². The summed E-state index contributed by atoms with van der Waals surface area (Å²) in [6.07, 6.45) is 2.70. The molecule has 1 aliphatic rings. The molecule has 3 heteroatoms. The summed E-state index contributed by atoms with van der Waals surface area (Å²) in [4.78, 5) is 2.48. The van der Waals surface area contributed by atoms with Gasteiger partial charge in [0, 0.05) is 6.54 Å². The summed E-state index contributed by atoms with van der Waals surface area (Å²) >= 11 is 0. The lowest BCUT2D eigenvalue weighted by Gasteiger charge is -2.16. The molecule has 0 N–H and O–H groups in total. The fourth-order valence-corrected chi connectivity index (χ4v) is 2.31. The highest BCUT2D eigenvalue weighted by Crippen LogP contribution is 2.22. The van der Waals surface area contributed by atoms with E-state index >= 15 is 0 Å². The SMILES string of the molecule is Cc1cccc(C)c1OCCN1CCCC1.Cl. The molecule has 2 nitrogen and oxygen atoms in total. The molecule has 0 bridgehead atoms. The largest absolute Gasteiger partial charge is 0.492 e. The van der Waals surface area contributed by atoms with Gasteiger partial charge in [0.05, 0.1) is 0 Å². The Balaban J connectivity index is 0.00000144. The maximum Gasteiger partial charge on any atom is 0.125 e. The van der Waals surface area contributed by atoms with Crippen molar-refractivity contribution in [1.29, 1.82) is 0 Å². The molecule has 1 saturated heterocycles. The van der Waals surface area contributed by atoms with Crippen LogP contribution in [0.5, 0.6) is 5.75 Å². The van der Waals surface area contributed by atoms with Crippen LogP contribution in [-0.2, 0) is 0 Å². The number of aryl methyl sites for hydroxylation is 2. The van der Waals surface area contributed by atoms with Gasteiger partial charge in [-0.3, -0.25) is 4.90 Å². The van der Waals surface area contributed by atoms with Crippen LogP contribution in [0.15, 0.2) is 18.2 Å². The van der Waals surface area contributed by atoms with Crippen molar-refractivity contribution in [3.8, 4) is 5.75 Å². The van der Waals surface area contributed by atoms with Crippen LogP contribution in [0.1, 0.15) is 24.0 Å². The van der Waals surface area contributed by atoms with E-state index < -0.39 is 0 Å². The molecule has 1 fully saturated rings. The first kappa shape index (κ1) is 14.3. The Hall–Kier alpha value is -0.730. The first-order valence-corrected chi connectivity index (χ1v) is 6.19. The highest BCUT2D eigenvalue weighted by Gasteiger charge is 2.11. The van der Waals surface area contributed by atoms with Gasteiger partial charge < -0.3 is 4.74 Å². The Labute approximate surface area is 110 Å². The highest BCUT2D eigenvalue weighted by molar-refractivity contribution is 5.85. The average molecular weight is 256 g/mol. The van der Waals surface area contributed by atoms with Crippen molar-refractivity contribution in [1.82, 2.24) is 4.90 Å². The number of hydrogen-bond donors (Lipinski definition) is 0. The van der Waals surface area contributed by atoms with Gasteiger partial charge in [0.15, 0.2) is 0 Å². The highest BCUT2D eigenvalue weighted by atomic mass is 35.5. The predicted molar refractivity (Wildman–Crippen MR) is 74.3 cm³/mol. The normalized spacial score (nSPS) is 15.6. The third-order valence-electron chi connectivity index (χ3n) is 3.26. The molecule has 96 valence electrons. The number of likely N-dealkylation sites (tertiary alicyclic amines) is 1. The van der Waals surface area contributed by atoms with E-state index in [0.29, 0.717) is 0 Å². The minimum atomic E-state index is 0. The summed E-state index contributed by atoms with van der Waals surface area (Å²) in [7, 11) is 0. The minimum Gasteiger partial charge on any atom is -0.492 e. The molecular weight excluding hydrogens is 234 g/mol. The summed E-state index contributed by atoms with van der Waals surface area (Å²) in [5.41, 5.74) is 2.47. The molecule has 1 heterocycles. The molecule has 0 saturated carbocycles. The predicted octanol–water partition coefficient (Wildman–Crippen LogP) is 3.20. The van der Waals surface area contributed by atoms with Crippen molar-refractivity contribution in [2.24, 2.45) is 0 Å². The maximum atomic E-state index is 5.89. The molecule has 0 atom stereocenters. The van der Waals surface area contributed by atoms with Crippen molar-refractivity contribution < 1.29 is 4.74 Å². The van der Waals surface area contributed by atoms with Crippen molar-refractivity contribution in [3.63, 3.8) is 0 Å². The van der Waals surface area contributed by atoms with Crippen LogP contribution in [0.3, 0.4) is 0 Å². The summed E-state index contributed by atoms with van der Waals surface area (Å²) in [5.74, 6) is 1.07. The first-order valence-electron chi connectivity index (χ1n) is 6.19. The van der Waals surface area contributed by atoms with E-state index in [0.717, 1.165) is 18.9 Å². The van der Waals surface area contributed by atoms with Crippen LogP contribution in [-0.4, -0.2) is 31.1 Å². The molecule has 1 aromatic carbocycles.